The van der Waals surface area contributed by atoms with E-state index in [1.165, 1.54) is 19.3 Å². The first-order valence-corrected chi connectivity index (χ1v) is 39.0. The molecule has 3 fully saturated rings. The van der Waals surface area contributed by atoms with Gasteiger partial charge >= 0.3 is 17.9 Å². The van der Waals surface area contributed by atoms with Gasteiger partial charge in [0.25, 0.3) is 0 Å². The Morgan fingerprint density at radius 1 is 0.819 bits per heavy atom. The quantitative estimate of drug-likeness (QED) is 0.0157. The van der Waals surface area contributed by atoms with E-state index in [1.807, 2.05) is 39.0 Å². The molecular formula is C63H112O17Si3. The lowest BCUT2D eigenvalue weighted by molar-refractivity contribution is -0.362. The lowest BCUT2D eigenvalue weighted by atomic mass is 9.70. The van der Waals surface area contributed by atoms with Gasteiger partial charge in [-0.1, -0.05) is 134 Å². The second-order valence-electron chi connectivity index (χ2n) is 26.4. The Kier molecular flexibility index (Phi) is 26.6. The van der Waals surface area contributed by atoms with Crippen molar-refractivity contribution in [2.75, 3.05) is 28.4 Å². The maximum absolute atomic E-state index is 13.9. The highest BCUT2D eigenvalue weighted by Crippen LogP contribution is 2.55. The molecule has 478 valence electrons. The van der Waals surface area contributed by atoms with Crippen LogP contribution in [0.1, 0.15) is 162 Å². The van der Waals surface area contributed by atoms with E-state index < -0.39 is 126 Å². The Hall–Kier alpha value is -2.42. The molecule has 0 aliphatic carbocycles. The molecule has 0 amide bonds. The minimum atomic E-state index is -2.43. The number of methoxy groups -OCH3 is 4. The molecule has 4 rings (SSSR count). The van der Waals surface area contributed by atoms with Gasteiger partial charge in [0, 0.05) is 82.7 Å². The topological polar surface area (TPSA) is 202 Å². The molecule has 0 aromatic carbocycles. The molecule has 2 N–H and O–H groups in total. The average molecular weight is 1230 g/mol. The van der Waals surface area contributed by atoms with Gasteiger partial charge in [0.2, 0.25) is 5.79 Å². The molecule has 83 heavy (non-hydrogen) atoms. The SMILES string of the molecule is CCC/C=C/C=C/C(=O)O[C@H]1C2=CC(=O)O[C@@H]2[C@@H](C[C@@H](O)[C@@H](C)O[Si](CC)(CC)CC)O[C@@]1(OC)C(C)(C)/C=C/[C@H]1CC(OC)(OC)C[C@@H](C[C@]2(OC)O[C@H](C[C@H](CC(=O)O)O[Si](CC)(CC)CC)C[C@H](O[Si](C)(C)C(C)(C)C)C2(C)C)O1. The molecule has 0 radical (unpaired) electrons. The number of aliphatic carboxylic acids is 1. The molecule has 0 bridgehead atoms. The highest BCUT2D eigenvalue weighted by molar-refractivity contribution is 6.74. The van der Waals surface area contributed by atoms with Crippen LogP contribution in [0.5, 0.6) is 0 Å². The smallest absolute Gasteiger partial charge is 0.331 e. The monoisotopic (exact) mass is 1220 g/mol. The Bertz CT molecular complexity index is 2200. The van der Waals surface area contributed by atoms with Gasteiger partial charge in [-0.25, -0.2) is 9.59 Å². The summed E-state index contributed by atoms with van der Waals surface area (Å²) in [5.74, 6) is -6.53. The van der Waals surface area contributed by atoms with Gasteiger partial charge in [-0.05, 0) is 80.6 Å². The lowest BCUT2D eigenvalue weighted by Crippen LogP contribution is -2.66. The summed E-state index contributed by atoms with van der Waals surface area (Å²) in [7, 11) is -0.470. The van der Waals surface area contributed by atoms with Crippen LogP contribution in [0.15, 0.2) is 48.1 Å². The fourth-order valence-electron chi connectivity index (χ4n) is 12.6. The van der Waals surface area contributed by atoms with Gasteiger partial charge in [0.1, 0.15) is 6.10 Å². The second kappa shape index (κ2) is 30.2. The largest absolute Gasteiger partial charge is 0.481 e. The molecule has 0 spiro atoms. The summed E-state index contributed by atoms with van der Waals surface area (Å²) in [6, 6.07) is 5.30. The zero-order chi connectivity index (χ0) is 62.6. The van der Waals surface area contributed by atoms with E-state index in [1.54, 1.807) is 33.5 Å². The minimum absolute atomic E-state index is 0.0116. The summed E-state index contributed by atoms with van der Waals surface area (Å²) in [5.41, 5.74) is -1.62. The molecule has 0 aromatic rings. The zero-order valence-electron chi connectivity index (χ0n) is 54.9. The standard InChI is InChI=1S/C63H112O17Si3/c1-22-29-30-31-32-33-54(67)75-57-49-39-55(68)74-56(49)51(40-50(64)44(8)78-82(23-2,24-3)25-4)77-63(57,72-19)59(12,13)35-34-45-41-61(69-16,70-17)42-48(73-45)43-62(71-18)60(14,15)52(80-81(20,21)58(9,10)11)37-46(76-62)36-47(38-53(65)66)79-83(26-5,27-6)28-7/h30-35,39,44-48,50-52,56-57,64H,22-29,36-38,40-43H2,1-21H3,(H,65,66)/b31-30+,33-32+,35-34+/t44-,45+,46-,47-,48+,50-,51-,52+,56+,57+,62+,63-/m1/s1. The number of esters is 2. The van der Waals surface area contributed by atoms with E-state index in [0.29, 0.717) is 24.8 Å². The molecule has 12 atom stereocenters. The highest BCUT2D eigenvalue weighted by atomic mass is 28.4. The Balaban J connectivity index is 1.84. The first-order chi connectivity index (χ1) is 38.7. The van der Waals surface area contributed by atoms with Crippen molar-refractivity contribution in [2.45, 2.75) is 294 Å². The second-order valence-corrected chi connectivity index (χ2v) is 40.6. The van der Waals surface area contributed by atoms with E-state index in [-0.39, 0.29) is 36.8 Å². The van der Waals surface area contributed by atoms with Crippen molar-refractivity contribution < 1.29 is 80.5 Å². The van der Waals surface area contributed by atoms with E-state index in [4.69, 9.17) is 55.9 Å². The average Bonchev–Trinajstić information content (AvgIpc) is 2.16. The van der Waals surface area contributed by atoms with Gasteiger partial charge in [0.05, 0.1) is 49.1 Å². The van der Waals surface area contributed by atoms with Crippen LogP contribution in [0.2, 0.25) is 54.4 Å². The predicted octanol–water partition coefficient (Wildman–Crippen LogP) is 12.9. The van der Waals surface area contributed by atoms with Crippen molar-refractivity contribution in [2.24, 2.45) is 10.8 Å². The van der Waals surface area contributed by atoms with Crippen LogP contribution in [0, 0.1) is 10.8 Å². The number of hydrogen-bond donors (Lipinski definition) is 2. The van der Waals surface area contributed by atoms with Gasteiger partial charge in [-0.3, -0.25) is 4.79 Å². The molecule has 4 heterocycles. The predicted molar refractivity (Wildman–Crippen MR) is 330 cm³/mol. The zero-order valence-corrected chi connectivity index (χ0v) is 57.9. The van der Waals surface area contributed by atoms with E-state index in [9.17, 15) is 24.6 Å². The Labute approximate surface area is 503 Å². The van der Waals surface area contributed by atoms with Crippen LogP contribution in [0.4, 0.5) is 0 Å². The summed E-state index contributed by atoms with van der Waals surface area (Å²) in [5, 5.41) is 22.1. The third-order valence-corrected chi connectivity index (χ3v) is 33.7. The number of unbranched alkanes of at least 4 members (excludes halogenated alkanes) is 1. The fraction of sp³-hybridized carbons (Fsp3) is 0.825. The summed E-state index contributed by atoms with van der Waals surface area (Å²) in [6.07, 6.45) is 7.57. The number of carboxylic acids is 1. The molecule has 4 aliphatic rings. The van der Waals surface area contributed by atoms with E-state index in [2.05, 4.69) is 96.2 Å². The number of aliphatic hydroxyl groups excluding tert-OH is 1. The molecule has 3 saturated heterocycles. The molecular weight excluding hydrogens is 1110 g/mol. The van der Waals surface area contributed by atoms with Gasteiger partial charge in [-0.15, -0.1) is 0 Å². The number of carbonyl (C=O) groups excluding carboxylic acids is 2. The van der Waals surface area contributed by atoms with Crippen molar-refractivity contribution in [3.63, 3.8) is 0 Å². The van der Waals surface area contributed by atoms with Crippen LogP contribution in [0.3, 0.4) is 0 Å². The van der Waals surface area contributed by atoms with Gasteiger partial charge in [0.15, 0.2) is 48.7 Å². The summed E-state index contributed by atoms with van der Waals surface area (Å²) < 4.78 is 80.9. The fourth-order valence-corrected chi connectivity index (χ4v) is 19.9. The summed E-state index contributed by atoms with van der Waals surface area (Å²) in [6.45, 7) is 36.0. The van der Waals surface area contributed by atoms with Gasteiger partial charge in [-0.2, -0.15) is 0 Å². The Morgan fingerprint density at radius 3 is 1.95 bits per heavy atom. The molecule has 0 saturated carbocycles. The van der Waals surface area contributed by atoms with Crippen LogP contribution in [0.25, 0.3) is 0 Å². The Morgan fingerprint density at radius 2 is 1.42 bits per heavy atom. The number of carbonyl (C=O) groups is 3. The van der Waals surface area contributed by atoms with Crippen molar-refractivity contribution in [3.8, 4) is 0 Å². The molecule has 17 nitrogen and oxygen atoms in total. The number of rotatable bonds is 33. The van der Waals surface area contributed by atoms with Gasteiger partial charge < -0.3 is 66.1 Å². The maximum Gasteiger partial charge on any atom is 0.331 e. The summed E-state index contributed by atoms with van der Waals surface area (Å²) >= 11 is 0. The van der Waals surface area contributed by atoms with E-state index >= 15 is 0 Å². The molecule has 0 aromatic heterocycles. The van der Waals surface area contributed by atoms with Crippen molar-refractivity contribution in [1.29, 1.82) is 0 Å². The van der Waals surface area contributed by atoms with Crippen LogP contribution >= 0.6 is 0 Å². The minimum Gasteiger partial charge on any atom is -0.481 e. The lowest BCUT2D eigenvalue weighted by Gasteiger charge is -2.58. The number of allylic oxidation sites excluding steroid dienone is 3. The first-order valence-electron chi connectivity index (χ1n) is 31.0. The maximum atomic E-state index is 13.9. The summed E-state index contributed by atoms with van der Waals surface area (Å²) in [4.78, 5) is 39.9. The van der Waals surface area contributed by atoms with Crippen molar-refractivity contribution in [1.82, 2.24) is 0 Å². The third kappa shape index (κ3) is 17.1. The van der Waals surface area contributed by atoms with Crippen molar-refractivity contribution in [3.05, 3.63) is 48.1 Å². The third-order valence-electron chi connectivity index (χ3n) is 19.8. The highest BCUT2D eigenvalue weighted by Gasteiger charge is 2.65. The number of fused-ring (bicyclic) bond motifs is 1. The van der Waals surface area contributed by atoms with Crippen LogP contribution in [-0.2, 0) is 70.3 Å². The number of aliphatic hydroxyl groups is 1. The molecule has 4 aliphatic heterocycles. The number of hydrogen-bond acceptors (Lipinski definition) is 16. The molecule has 20 heteroatoms. The number of ether oxygens (including phenoxy) is 9. The first kappa shape index (κ1) is 73.1. The van der Waals surface area contributed by atoms with Crippen LogP contribution in [-0.4, -0.2) is 160 Å². The van der Waals surface area contributed by atoms with Crippen molar-refractivity contribution >= 4 is 42.9 Å². The van der Waals surface area contributed by atoms with Crippen LogP contribution < -0.4 is 0 Å². The number of carboxylic acid groups (broad SMARTS) is 1. The van der Waals surface area contributed by atoms with E-state index in [0.717, 1.165) is 49.1 Å². The molecule has 0 unspecified atom stereocenters. The normalized spacial score (nSPS) is 29.2.